The molecule has 0 atom stereocenters. The Morgan fingerprint density at radius 3 is 1.81 bits per heavy atom. The average Bonchev–Trinajstić information content (AvgIpc) is 3.30. The van der Waals surface area contributed by atoms with E-state index in [1.54, 1.807) is 6.21 Å². The maximum atomic E-state index is 13.1. The highest BCUT2D eigenvalue weighted by molar-refractivity contribution is 6.04. The van der Waals surface area contributed by atoms with Crippen molar-refractivity contribution in [3.05, 3.63) is 98.2 Å². The molecule has 0 amide bonds. The van der Waals surface area contributed by atoms with Gasteiger partial charge in [-0.25, -0.2) is 9.53 Å². The van der Waals surface area contributed by atoms with Gasteiger partial charge in [0.05, 0.1) is 12.2 Å². The van der Waals surface area contributed by atoms with Crippen molar-refractivity contribution in [1.29, 1.82) is 0 Å². The van der Waals surface area contributed by atoms with E-state index in [0.29, 0.717) is 24.0 Å². The van der Waals surface area contributed by atoms with Crippen LogP contribution in [0.5, 0.6) is 0 Å². The third-order valence-corrected chi connectivity index (χ3v) is 7.98. The van der Waals surface area contributed by atoms with Gasteiger partial charge < -0.3 is 9.94 Å². The van der Waals surface area contributed by atoms with E-state index in [1.165, 1.54) is 11.1 Å². The van der Waals surface area contributed by atoms with Crippen molar-refractivity contribution in [2.24, 2.45) is 0 Å². The quantitative estimate of drug-likeness (QED) is 0.0739. The van der Waals surface area contributed by atoms with Gasteiger partial charge in [0.1, 0.15) is 0 Å². The first-order valence-corrected chi connectivity index (χ1v) is 15.0. The molecule has 0 unspecified atom stereocenters. The van der Waals surface area contributed by atoms with Gasteiger partial charge in [0.15, 0.2) is 11.8 Å². The number of ether oxygens (including phenoxy) is 1. The molecule has 0 spiro atoms. The van der Waals surface area contributed by atoms with Gasteiger partial charge in [0.2, 0.25) is 0 Å². The van der Waals surface area contributed by atoms with Crippen molar-refractivity contribution in [3.63, 3.8) is 0 Å². The van der Waals surface area contributed by atoms with Gasteiger partial charge in [0.25, 0.3) is 0 Å². The van der Waals surface area contributed by atoms with Gasteiger partial charge in [-0.1, -0.05) is 70.2 Å². The molecule has 0 aromatic rings. The third kappa shape index (κ3) is 6.28. The van der Waals surface area contributed by atoms with Crippen LogP contribution >= 0.6 is 0 Å². The van der Waals surface area contributed by atoms with Crippen LogP contribution in [0, 0.1) is 19.1 Å². The fraction of sp³-hybridized carbons (Fsp3) is 0.368. The molecule has 4 nitrogen and oxygen atoms in total. The van der Waals surface area contributed by atoms with Gasteiger partial charge in [-0.3, -0.25) is 0 Å². The van der Waals surface area contributed by atoms with Gasteiger partial charge in [-0.2, -0.15) is 0 Å². The van der Waals surface area contributed by atoms with E-state index in [1.807, 2.05) is 33.8 Å². The number of carbonyl (C=O) groups is 1. The third-order valence-electron chi connectivity index (χ3n) is 7.98. The van der Waals surface area contributed by atoms with Gasteiger partial charge in [-0.15, -0.1) is 0 Å². The summed E-state index contributed by atoms with van der Waals surface area (Å²) in [6.07, 6.45) is 5.94. The van der Waals surface area contributed by atoms with Crippen LogP contribution < -0.4 is 0 Å². The number of rotatable bonds is 7. The van der Waals surface area contributed by atoms with Gasteiger partial charge >= 0.3 is 5.97 Å². The molecule has 4 heteroatoms. The summed E-state index contributed by atoms with van der Waals surface area (Å²) in [6.45, 7) is 20.8. The summed E-state index contributed by atoms with van der Waals surface area (Å²) < 4.78 is 6.50. The van der Waals surface area contributed by atoms with Gasteiger partial charge in [-0.05, 0) is 106 Å². The number of esters is 1. The number of hydrogen-bond acceptors (Lipinski definition) is 3. The zero-order chi connectivity index (χ0) is 30.9. The summed E-state index contributed by atoms with van der Waals surface area (Å²) in [5, 5.41) is 13.1. The summed E-state index contributed by atoms with van der Waals surface area (Å²) >= 11 is 0. The second-order valence-electron chi connectivity index (χ2n) is 13.0. The number of aryl methyl sites for hydroxylation is 2. The summed E-state index contributed by atoms with van der Waals surface area (Å²) in [5.41, 5.74) is 11.7. The Bertz CT molecular complexity index is 1610. The second-order valence-corrected chi connectivity index (χ2v) is 13.0. The minimum Gasteiger partial charge on any atom is -0.623 e. The molecule has 0 bridgehead atoms. The van der Waals surface area contributed by atoms with E-state index < -0.39 is 5.54 Å². The molecule has 4 rings (SSSR count). The fourth-order valence-corrected chi connectivity index (χ4v) is 5.40. The molecule has 0 aromatic carbocycles. The van der Waals surface area contributed by atoms with Crippen LogP contribution in [0.3, 0.4) is 0 Å². The summed E-state index contributed by atoms with van der Waals surface area (Å²) in [6, 6.07) is 17.1. The topological polar surface area (TPSA) is 52.4 Å². The van der Waals surface area contributed by atoms with Crippen LogP contribution in [0.1, 0.15) is 117 Å². The fourth-order valence-electron chi connectivity index (χ4n) is 5.40. The number of hydrogen-bond donors (Lipinski definition) is 0. The normalized spacial score (nSPS) is 12.8. The first-order valence-electron chi connectivity index (χ1n) is 15.0. The zero-order valence-electron chi connectivity index (χ0n) is 26.9. The van der Waals surface area contributed by atoms with Crippen LogP contribution in [0.2, 0.25) is 0 Å². The van der Waals surface area contributed by atoms with E-state index in [9.17, 15) is 10.0 Å². The molecule has 4 aliphatic rings. The number of nitrogens with zero attached hydrogens (tertiary/aromatic N) is 1. The molecule has 0 fully saturated rings. The highest BCUT2D eigenvalue weighted by Gasteiger charge is 2.24. The van der Waals surface area contributed by atoms with E-state index in [-0.39, 0.29) is 5.97 Å². The summed E-state index contributed by atoms with van der Waals surface area (Å²) in [5.74, 6) is 0.367. The Morgan fingerprint density at radius 1 is 0.810 bits per heavy atom. The molecular formula is C38H45NO3. The molecule has 0 N–H and O–H groups in total. The predicted octanol–water partition coefficient (Wildman–Crippen LogP) is 9.83. The summed E-state index contributed by atoms with van der Waals surface area (Å²) in [4.78, 5) is 13.1. The minimum atomic E-state index is -0.550. The monoisotopic (exact) mass is 563 g/mol. The lowest BCUT2D eigenvalue weighted by Gasteiger charge is -2.18. The maximum Gasteiger partial charge on any atom is 0.338 e. The van der Waals surface area contributed by atoms with E-state index in [2.05, 4.69) is 96.2 Å². The molecule has 0 aliphatic heterocycles. The van der Waals surface area contributed by atoms with Crippen molar-refractivity contribution in [2.75, 3.05) is 6.61 Å². The van der Waals surface area contributed by atoms with Crippen LogP contribution in [0.4, 0.5) is 0 Å². The van der Waals surface area contributed by atoms with Crippen molar-refractivity contribution >= 4 is 24.3 Å². The first-order chi connectivity index (χ1) is 19.7. The lowest BCUT2D eigenvalue weighted by atomic mass is 9.99. The average molecular weight is 564 g/mol. The van der Waals surface area contributed by atoms with Crippen LogP contribution in [0.25, 0.3) is 34.4 Å². The van der Waals surface area contributed by atoms with Crippen molar-refractivity contribution in [3.8, 4) is 22.3 Å². The second kappa shape index (κ2) is 12.1. The molecule has 4 aliphatic carbocycles. The molecule has 220 valence electrons. The van der Waals surface area contributed by atoms with Crippen molar-refractivity contribution in [2.45, 2.75) is 86.6 Å². The summed E-state index contributed by atoms with van der Waals surface area (Å²) in [7, 11) is 0. The Labute approximate surface area is 252 Å². The maximum absolute atomic E-state index is 13.1. The Kier molecular flexibility index (Phi) is 8.96. The standard InChI is InChI=1S/C38H45NO3/c1-11-42-37(40)34-21-30(36-26(7)13-15-28(24(4)5)20-33(34)36)17-16-29-18-31(22-39(41)38(8,9)10)32-19-27(23(2)3)14-12-25(6)35(29)32/h12-24H,11H2,1-10H3/b17-16+,39-22-. The van der Waals surface area contributed by atoms with Crippen LogP contribution in [-0.4, -0.2) is 29.1 Å². The number of hydroxylamine groups is 1. The van der Waals surface area contributed by atoms with E-state index >= 15 is 0 Å². The number of fused-ring (bicyclic) bond motifs is 2. The lowest BCUT2D eigenvalue weighted by Crippen LogP contribution is -2.29. The highest BCUT2D eigenvalue weighted by atomic mass is 16.5. The predicted molar refractivity (Wildman–Crippen MR) is 177 cm³/mol. The van der Waals surface area contributed by atoms with E-state index in [0.717, 1.165) is 54.8 Å². The van der Waals surface area contributed by atoms with Crippen molar-refractivity contribution in [1.82, 2.24) is 0 Å². The first kappa shape index (κ1) is 31.0. The highest BCUT2D eigenvalue weighted by Crippen LogP contribution is 2.40. The molecule has 0 radical (unpaired) electrons. The SMILES string of the molecule is CCOC(=O)c1cc(/C=C/c2cc(/C=[N+](\[O-])C(C)(C)C)c3cc(C(C)C)ccc(C)c2-3)c2c(C)ccc(C(C)C)cc1-2. The van der Waals surface area contributed by atoms with Crippen LogP contribution in [-0.2, 0) is 4.74 Å². The Morgan fingerprint density at radius 2 is 1.31 bits per heavy atom. The molecule has 0 saturated heterocycles. The Balaban J connectivity index is 1.95. The Hall–Kier alpha value is -3.92. The molecule has 42 heavy (non-hydrogen) atoms. The zero-order valence-corrected chi connectivity index (χ0v) is 26.9. The lowest BCUT2D eigenvalue weighted by molar-refractivity contribution is -0.530. The van der Waals surface area contributed by atoms with Gasteiger partial charge in [0, 0.05) is 26.3 Å². The van der Waals surface area contributed by atoms with E-state index in [4.69, 9.17) is 4.74 Å². The molecule has 0 aromatic heterocycles. The number of carbonyl (C=O) groups excluding carboxylic acids is 1. The van der Waals surface area contributed by atoms with Crippen molar-refractivity contribution < 1.29 is 14.3 Å². The largest absolute Gasteiger partial charge is 0.623 e. The molecular weight excluding hydrogens is 518 g/mol. The minimum absolute atomic E-state index is 0.306. The smallest absolute Gasteiger partial charge is 0.338 e. The molecule has 0 saturated carbocycles. The molecule has 0 heterocycles. The van der Waals surface area contributed by atoms with Crippen LogP contribution in [0.15, 0.2) is 48.5 Å².